The second kappa shape index (κ2) is 7.78. The molecule has 0 bridgehead atoms. The van der Waals surface area contributed by atoms with Gasteiger partial charge in [0.2, 0.25) is 15.9 Å². The van der Waals surface area contributed by atoms with E-state index in [4.69, 9.17) is 16.3 Å². The van der Waals surface area contributed by atoms with Gasteiger partial charge < -0.3 is 14.5 Å². The first-order chi connectivity index (χ1) is 12.7. The molecule has 1 saturated heterocycles. The van der Waals surface area contributed by atoms with Gasteiger partial charge in [0.1, 0.15) is 11.3 Å². The highest BCUT2D eigenvalue weighted by Gasteiger charge is 2.26. The van der Waals surface area contributed by atoms with Crippen LogP contribution >= 0.6 is 22.9 Å². The molecule has 2 aromatic rings. The zero-order valence-electron chi connectivity index (χ0n) is 15.3. The molecule has 1 amide bonds. The number of benzene rings is 1. The second-order valence-electron chi connectivity index (χ2n) is 6.31. The number of anilines is 1. The smallest absolute Gasteiger partial charge is 0.238 e. The number of methoxy groups -OCH3 is 1. The Morgan fingerprint density at radius 1 is 1.33 bits per heavy atom. The van der Waals surface area contributed by atoms with Crippen LogP contribution in [0.5, 0.6) is 5.75 Å². The minimum Gasteiger partial charge on any atom is -0.494 e. The molecule has 0 saturated carbocycles. The van der Waals surface area contributed by atoms with Gasteiger partial charge in [0.15, 0.2) is 5.13 Å². The van der Waals surface area contributed by atoms with E-state index in [1.165, 1.54) is 18.4 Å². The third-order valence-electron chi connectivity index (χ3n) is 4.49. The number of fused-ring (bicyclic) bond motifs is 1. The van der Waals surface area contributed by atoms with Gasteiger partial charge in [-0.15, -0.1) is 0 Å². The number of aromatic nitrogens is 1. The van der Waals surface area contributed by atoms with Gasteiger partial charge in [0, 0.05) is 33.2 Å². The number of ether oxygens (including phenoxy) is 1. The maximum atomic E-state index is 12.3. The zero-order chi connectivity index (χ0) is 19.8. The summed E-state index contributed by atoms with van der Waals surface area (Å²) < 4.78 is 30.2. The molecule has 27 heavy (non-hydrogen) atoms. The second-order valence-corrected chi connectivity index (χ2v) is 9.78. The van der Waals surface area contributed by atoms with Crippen LogP contribution in [0.4, 0.5) is 5.13 Å². The third kappa shape index (κ3) is 4.29. The van der Waals surface area contributed by atoms with Crippen LogP contribution < -0.4 is 9.64 Å². The first kappa shape index (κ1) is 20.1. The fraction of sp³-hybridized carbons (Fsp3) is 0.500. The van der Waals surface area contributed by atoms with Gasteiger partial charge in [-0.2, -0.15) is 4.31 Å². The lowest BCUT2D eigenvalue weighted by atomic mass is 10.3. The molecule has 0 radical (unpaired) electrons. The summed E-state index contributed by atoms with van der Waals surface area (Å²) in [7, 11) is -0.372. The summed E-state index contributed by atoms with van der Waals surface area (Å²) in [6, 6.07) is 3.59. The summed E-state index contributed by atoms with van der Waals surface area (Å²) in [5, 5.41) is 1.46. The normalized spacial score (nSPS) is 15.6. The minimum atomic E-state index is -3.37. The lowest BCUT2D eigenvalue weighted by molar-refractivity contribution is -0.131. The van der Waals surface area contributed by atoms with Gasteiger partial charge in [0.05, 0.1) is 29.6 Å². The van der Waals surface area contributed by atoms with Crippen LogP contribution in [0.3, 0.4) is 0 Å². The van der Waals surface area contributed by atoms with Crippen molar-refractivity contribution in [3.05, 3.63) is 17.2 Å². The standard InChI is InChI=1S/C16H21ClN4O4S2/c1-19(27(3,23)24)10-13(22)20-6-8-21(9-7-20)16-18-14-12(25-2)5-4-11(17)15(14)26-16/h4-5H,6-10H2,1-3H3. The van der Waals surface area contributed by atoms with E-state index in [0.29, 0.717) is 37.0 Å². The van der Waals surface area contributed by atoms with Crippen LogP contribution in [0.2, 0.25) is 5.02 Å². The van der Waals surface area contributed by atoms with Crippen molar-refractivity contribution in [2.45, 2.75) is 0 Å². The van der Waals surface area contributed by atoms with Crippen molar-refractivity contribution in [2.24, 2.45) is 0 Å². The predicted octanol–water partition coefficient (Wildman–Crippen LogP) is 1.50. The van der Waals surface area contributed by atoms with Crippen LogP contribution in [0.1, 0.15) is 0 Å². The number of sulfonamides is 1. The van der Waals surface area contributed by atoms with Crippen molar-refractivity contribution in [1.82, 2.24) is 14.2 Å². The molecular weight excluding hydrogens is 412 g/mol. The number of amides is 1. The molecule has 2 heterocycles. The number of hydrogen-bond donors (Lipinski definition) is 0. The van der Waals surface area contributed by atoms with Crippen LogP contribution in [0.25, 0.3) is 10.2 Å². The molecule has 0 unspecified atom stereocenters. The summed E-state index contributed by atoms with van der Waals surface area (Å²) in [6.45, 7) is 2.11. The Bertz CT molecular complexity index is 955. The highest BCUT2D eigenvalue weighted by molar-refractivity contribution is 7.88. The fourth-order valence-corrected chi connectivity index (χ4v) is 4.45. The van der Waals surface area contributed by atoms with Crippen molar-refractivity contribution < 1.29 is 17.9 Å². The Balaban J connectivity index is 1.68. The molecule has 0 atom stereocenters. The number of nitrogens with zero attached hydrogens (tertiary/aromatic N) is 4. The van der Waals surface area contributed by atoms with Crippen molar-refractivity contribution in [2.75, 3.05) is 58.0 Å². The van der Waals surface area contributed by atoms with E-state index >= 15 is 0 Å². The molecule has 0 aliphatic carbocycles. The number of carbonyl (C=O) groups is 1. The molecular formula is C16H21ClN4O4S2. The number of carbonyl (C=O) groups excluding carboxylic acids is 1. The number of piperazine rings is 1. The summed E-state index contributed by atoms with van der Waals surface area (Å²) in [5.41, 5.74) is 0.735. The van der Waals surface area contributed by atoms with E-state index in [1.54, 1.807) is 24.1 Å². The maximum Gasteiger partial charge on any atom is 0.238 e. The minimum absolute atomic E-state index is 0.146. The first-order valence-corrected chi connectivity index (χ1v) is 11.3. The van der Waals surface area contributed by atoms with E-state index in [9.17, 15) is 13.2 Å². The van der Waals surface area contributed by atoms with Crippen LogP contribution in [0.15, 0.2) is 12.1 Å². The molecule has 1 aliphatic rings. The zero-order valence-corrected chi connectivity index (χ0v) is 17.7. The van der Waals surface area contributed by atoms with E-state index < -0.39 is 10.0 Å². The van der Waals surface area contributed by atoms with Gasteiger partial charge in [-0.1, -0.05) is 22.9 Å². The molecule has 1 aromatic heterocycles. The molecule has 1 fully saturated rings. The topological polar surface area (TPSA) is 83.0 Å². The lowest BCUT2D eigenvalue weighted by Crippen LogP contribution is -2.51. The van der Waals surface area contributed by atoms with Crippen LogP contribution in [-0.4, -0.2) is 81.7 Å². The van der Waals surface area contributed by atoms with Crippen molar-refractivity contribution in [3.8, 4) is 5.75 Å². The molecule has 148 valence electrons. The average molecular weight is 433 g/mol. The largest absolute Gasteiger partial charge is 0.494 e. The lowest BCUT2D eigenvalue weighted by Gasteiger charge is -2.35. The Hall–Kier alpha value is -1.62. The van der Waals surface area contributed by atoms with Gasteiger partial charge in [0.25, 0.3) is 0 Å². The van der Waals surface area contributed by atoms with Crippen molar-refractivity contribution >= 4 is 54.2 Å². The van der Waals surface area contributed by atoms with Gasteiger partial charge in [-0.3, -0.25) is 4.79 Å². The number of halogens is 1. The van der Waals surface area contributed by atoms with Crippen molar-refractivity contribution in [3.63, 3.8) is 0 Å². The van der Waals surface area contributed by atoms with E-state index in [-0.39, 0.29) is 12.5 Å². The summed E-state index contributed by atoms with van der Waals surface area (Å²) in [4.78, 5) is 20.8. The monoisotopic (exact) mass is 432 g/mol. The Morgan fingerprint density at radius 3 is 2.59 bits per heavy atom. The third-order valence-corrected chi connectivity index (χ3v) is 7.33. The average Bonchev–Trinajstić information content (AvgIpc) is 3.07. The Morgan fingerprint density at radius 2 is 2.00 bits per heavy atom. The Kier molecular flexibility index (Phi) is 5.80. The summed E-state index contributed by atoms with van der Waals surface area (Å²) >= 11 is 7.77. The predicted molar refractivity (Wildman–Crippen MR) is 107 cm³/mol. The quantitative estimate of drug-likeness (QED) is 0.712. The number of rotatable bonds is 5. The Labute approximate surface area is 167 Å². The molecule has 11 heteroatoms. The van der Waals surface area contributed by atoms with Crippen LogP contribution in [-0.2, 0) is 14.8 Å². The van der Waals surface area contributed by atoms with Gasteiger partial charge in [-0.25, -0.2) is 13.4 Å². The van der Waals surface area contributed by atoms with Crippen LogP contribution in [0, 0.1) is 0 Å². The number of thiazole rings is 1. The molecule has 0 N–H and O–H groups in total. The highest BCUT2D eigenvalue weighted by atomic mass is 35.5. The molecule has 1 aromatic carbocycles. The SMILES string of the molecule is COc1ccc(Cl)c2sc(N3CCN(C(=O)CN(C)S(C)(=O)=O)CC3)nc12. The molecule has 1 aliphatic heterocycles. The van der Waals surface area contributed by atoms with Gasteiger partial charge >= 0.3 is 0 Å². The van der Waals surface area contributed by atoms with E-state index in [1.807, 2.05) is 0 Å². The highest BCUT2D eigenvalue weighted by Crippen LogP contribution is 2.38. The maximum absolute atomic E-state index is 12.3. The van der Waals surface area contributed by atoms with E-state index in [0.717, 1.165) is 25.9 Å². The summed E-state index contributed by atoms with van der Waals surface area (Å²) in [6.07, 6.45) is 1.09. The van der Waals surface area contributed by atoms with Gasteiger partial charge in [-0.05, 0) is 12.1 Å². The van der Waals surface area contributed by atoms with E-state index in [2.05, 4.69) is 9.88 Å². The summed E-state index contributed by atoms with van der Waals surface area (Å²) in [5.74, 6) is 0.478. The molecule has 0 spiro atoms. The van der Waals surface area contributed by atoms with Crippen molar-refractivity contribution in [1.29, 1.82) is 0 Å². The first-order valence-electron chi connectivity index (χ1n) is 8.27. The number of hydrogen-bond acceptors (Lipinski definition) is 7. The molecule has 8 nitrogen and oxygen atoms in total. The number of likely N-dealkylation sites (N-methyl/N-ethyl adjacent to an activating group) is 1. The molecule has 3 rings (SSSR count). The fourth-order valence-electron chi connectivity index (χ4n) is 2.80.